The molecule has 2 aliphatic rings. The van der Waals surface area contributed by atoms with Crippen molar-refractivity contribution in [2.75, 3.05) is 18.0 Å². The number of nitrogens with one attached hydrogen (secondary N) is 1. The minimum absolute atomic E-state index is 0.145. The number of quaternary nitrogens is 1. The Morgan fingerprint density at radius 2 is 1.74 bits per heavy atom. The molecule has 0 aromatic heterocycles. The van der Waals surface area contributed by atoms with Crippen LogP contribution in [0.3, 0.4) is 0 Å². The summed E-state index contributed by atoms with van der Waals surface area (Å²) in [5.74, 6) is -0.695. The highest BCUT2D eigenvalue weighted by atomic mass is 19.1. The van der Waals surface area contributed by atoms with Gasteiger partial charge in [-0.25, -0.2) is 9.29 Å². The minimum Gasteiger partial charge on any atom is -0.324 e. The van der Waals surface area contributed by atoms with Gasteiger partial charge in [-0.3, -0.25) is 9.59 Å². The second kappa shape index (κ2) is 4.74. The number of carbonyl (C=O) groups is 2. The molecule has 2 amide bonds. The van der Waals surface area contributed by atoms with E-state index in [1.54, 1.807) is 0 Å². The fraction of sp³-hybridized carbons (Fsp3) is 0.429. The summed E-state index contributed by atoms with van der Waals surface area (Å²) in [6.07, 6.45) is 2.50. The zero-order valence-corrected chi connectivity index (χ0v) is 10.6. The van der Waals surface area contributed by atoms with Crippen molar-refractivity contribution < 1.29 is 18.9 Å². The molecule has 0 unspecified atom stereocenters. The van der Waals surface area contributed by atoms with Crippen molar-refractivity contribution in [3.63, 3.8) is 0 Å². The van der Waals surface area contributed by atoms with Gasteiger partial charge in [-0.15, -0.1) is 0 Å². The van der Waals surface area contributed by atoms with Crippen LogP contribution >= 0.6 is 0 Å². The van der Waals surface area contributed by atoms with Crippen LogP contribution in [-0.2, 0) is 9.59 Å². The van der Waals surface area contributed by atoms with Gasteiger partial charge < -0.3 is 4.90 Å². The summed E-state index contributed by atoms with van der Waals surface area (Å²) in [7, 11) is 0. The number of likely N-dealkylation sites (tertiary alicyclic amines) is 1. The number of carbonyl (C=O) groups excluding carboxylic acids is 2. The van der Waals surface area contributed by atoms with Crippen LogP contribution in [0.4, 0.5) is 10.1 Å². The third-order valence-electron chi connectivity index (χ3n) is 3.97. The molecule has 0 aliphatic carbocycles. The molecule has 19 heavy (non-hydrogen) atoms. The highest BCUT2D eigenvalue weighted by Crippen LogP contribution is 2.22. The average molecular weight is 263 g/mol. The summed E-state index contributed by atoms with van der Waals surface area (Å²) in [5, 5.41) is 0. The first-order chi connectivity index (χ1) is 9.16. The van der Waals surface area contributed by atoms with Gasteiger partial charge in [0.1, 0.15) is 5.82 Å². The summed E-state index contributed by atoms with van der Waals surface area (Å²) in [4.78, 5) is 26.8. The van der Waals surface area contributed by atoms with Crippen molar-refractivity contribution in [2.24, 2.45) is 0 Å². The molecule has 5 heteroatoms. The number of imide groups is 1. The lowest BCUT2D eigenvalue weighted by atomic mass is 10.2. The number of nitrogens with zero attached hydrogens (tertiary/aromatic N) is 1. The van der Waals surface area contributed by atoms with E-state index in [4.69, 9.17) is 0 Å². The maximum atomic E-state index is 12.9. The zero-order valence-electron chi connectivity index (χ0n) is 10.6. The zero-order chi connectivity index (χ0) is 13.4. The molecule has 2 aliphatic heterocycles. The standard InChI is InChI=1S/C14H15FN2O2/c15-10-3-5-11(6-4-10)17-13(18)9-12(14(17)19)16-7-1-2-8-16/h3-6,12H,1-2,7-9H2/p+1/t12-/m1/s1. The Bertz CT molecular complexity index is 509. The van der Waals surface area contributed by atoms with E-state index < -0.39 is 0 Å². The molecule has 1 aromatic rings. The Kier molecular flexibility index (Phi) is 3.06. The van der Waals surface area contributed by atoms with Gasteiger partial charge in [0.15, 0.2) is 6.04 Å². The number of rotatable bonds is 2. The largest absolute Gasteiger partial charge is 0.324 e. The normalized spacial score (nSPS) is 24.5. The van der Waals surface area contributed by atoms with Crippen LogP contribution in [0.1, 0.15) is 19.3 Å². The number of benzene rings is 1. The van der Waals surface area contributed by atoms with Gasteiger partial charge in [-0.05, 0) is 24.3 Å². The summed E-state index contributed by atoms with van der Waals surface area (Å²) in [5.41, 5.74) is 0.470. The van der Waals surface area contributed by atoms with Gasteiger partial charge in [-0.1, -0.05) is 0 Å². The number of anilines is 1. The molecule has 4 nitrogen and oxygen atoms in total. The number of halogens is 1. The van der Waals surface area contributed by atoms with Crippen LogP contribution in [0.5, 0.6) is 0 Å². The third-order valence-corrected chi connectivity index (χ3v) is 3.97. The SMILES string of the molecule is O=C1C[C@@H]([NH+]2CCCC2)C(=O)N1c1ccc(F)cc1. The fourth-order valence-corrected chi connectivity index (χ4v) is 2.99. The molecule has 0 bridgehead atoms. The molecule has 1 aromatic carbocycles. The highest BCUT2D eigenvalue weighted by molar-refractivity contribution is 6.21. The third kappa shape index (κ3) is 2.14. The van der Waals surface area contributed by atoms with Gasteiger partial charge in [0.05, 0.1) is 25.2 Å². The van der Waals surface area contributed by atoms with E-state index in [9.17, 15) is 14.0 Å². The molecule has 2 saturated heterocycles. The van der Waals surface area contributed by atoms with E-state index in [2.05, 4.69) is 0 Å². The van der Waals surface area contributed by atoms with Crippen LogP contribution in [0, 0.1) is 5.82 Å². The summed E-state index contributed by atoms with van der Waals surface area (Å²) in [6.45, 7) is 1.92. The predicted octanol–water partition coefficient (Wildman–Crippen LogP) is 0.136. The molecule has 1 N–H and O–H groups in total. The van der Waals surface area contributed by atoms with Crippen LogP contribution < -0.4 is 9.80 Å². The number of hydrogen-bond donors (Lipinski definition) is 1. The Balaban J connectivity index is 1.84. The molecular formula is C14H16FN2O2+. The molecule has 0 saturated carbocycles. The van der Waals surface area contributed by atoms with Crippen molar-refractivity contribution in [1.82, 2.24) is 0 Å². The lowest BCUT2D eigenvalue weighted by Gasteiger charge is -2.19. The molecule has 0 spiro atoms. The molecule has 100 valence electrons. The first kappa shape index (κ1) is 12.3. The first-order valence-electron chi connectivity index (χ1n) is 6.64. The molecule has 0 radical (unpaired) electrons. The second-order valence-electron chi connectivity index (χ2n) is 5.17. The second-order valence-corrected chi connectivity index (χ2v) is 5.17. The molecular weight excluding hydrogens is 247 g/mol. The summed E-state index contributed by atoms with van der Waals surface area (Å²) in [6, 6.07) is 5.25. The maximum absolute atomic E-state index is 12.9. The fourth-order valence-electron chi connectivity index (χ4n) is 2.99. The van der Waals surface area contributed by atoms with Crippen molar-refractivity contribution >= 4 is 17.5 Å². The number of hydrogen-bond acceptors (Lipinski definition) is 2. The Hall–Kier alpha value is -1.75. The van der Waals surface area contributed by atoms with E-state index in [-0.39, 0.29) is 30.1 Å². The van der Waals surface area contributed by atoms with Crippen molar-refractivity contribution in [3.05, 3.63) is 30.1 Å². The van der Waals surface area contributed by atoms with Crippen LogP contribution in [0.15, 0.2) is 24.3 Å². The molecule has 1 atom stereocenters. The van der Waals surface area contributed by atoms with Crippen LogP contribution in [0.25, 0.3) is 0 Å². The van der Waals surface area contributed by atoms with Crippen LogP contribution in [-0.4, -0.2) is 30.9 Å². The smallest absolute Gasteiger partial charge is 0.292 e. The van der Waals surface area contributed by atoms with E-state index >= 15 is 0 Å². The Morgan fingerprint density at radius 3 is 2.37 bits per heavy atom. The van der Waals surface area contributed by atoms with E-state index in [0.29, 0.717) is 5.69 Å². The van der Waals surface area contributed by atoms with Gasteiger partial charge in [0.2, 0.25) is 5.91 Å². The maximum Gasteiger partial charge on any atom is 0.292 e. The van der Waals surface area contributed by atoms with Crippen molar-refractivity contribution in [2.45, 2.75) is 25.3 Å². The first-order valence-corrected chi connectivity index (χ1v) is 6.64. The highest BCUT2D eigenvalue weighted by Gasteiger charge is 2.46. The lowest BCUT2D eigenvalue weighted by Crippen LogP contribution is -3.14. The minimum atomic E-state index is -0.371. The van der Waals surface area contributed by atoms with E-state index in [1.807, 2.05) is 0 Å². The van der Waals surface area contributed by atoms with E-state index in [1.165, 1.54) is 34.1 Å². The quantitative estimate of drug-likeness (QED) is 0.771. The molecule has 2 fully saturated rings. The molecule has 2 heterocycles. The average Bonchev–Trinajstić information content (AvgIpc) is 3.00. The van der Waals surface area contributed by atoms with Crippen molar-refractivity contribution in [1.29, 1.82) is 0 Å². The van der Waals surface area contributed by atoms with E-state index in [0.717, 1.165) is 25.9 Å². The van der Waals surface area contributed by atoms with Gasteiger partial charge in [0.25, 0.3) is 5.91 Å². The lowest BCUT2D eigenvalue weighted by molar-refractivity contribution is -0.902. The Labute approximate surface area is 110 Å². The van der Waals surface area contributed by atoms with Gasteiger partial charge >= 0.3 is 0 Å². The summed E-state index contributed by atoms with van der Waals surface area (Å²) >= 11 is 0. The molecule has 3 rings (SSSR count). The Morgan fingerprint density at radius 1 is 1.11 bits per heavy atom. The summed E-state index contributed by atoms with van der Waals surface area (Å²) < 4.78 is 12.9. The predicted molar refractivity (Wildman–Crippen MR) is 67.2 cm³/mol. The van der Waals surface area contributed by atoms with Crippen molar-refractivity contribution in [3.8, 4) is 0 Å². The van der Waals surface area contributed by atoms with Gasteiger partial charge in [-0.2, -0.15) is 0 Å². The topological polar surface area (TPSA) is 41.8 Å². The monoisotopic (exact) mass is 263 g/mol. The van der Waals surface area contributed by atoms with Gasteiger partial charge in [0, 0.05) is 12.8 Å². The van der Waals surface area contributed by atoms with Crippen LogP contribution in [0.2, 0.25) is 0 Å². The number of amides is 2.